The van der Waals surface area contributed by atoms with E-state index in [9.17, 15) is 22.4 Å². The van der Waals surface area contributed by atoms with Gasteiger partial charge in [-0.1, -0.05) is 6.07 Å². The van der Waals surface area contributed by atoms with E-state index in [-0.39, 0.29) is 17.3 Å². The van der Waals surface area contributed by atoms with Crippen LogP contribution in [0.3, 0.4) is 0 Å². The molecule has 184 valence electrons. The SMILES string of the molecule is CNc1nccc(-c2cccnc2Oc2ccc(F)c(C(=O)Nc3cccc(OC(F)(F)F)c3)c2)n1. The first-order valence-corrected chi connectivity index (χ1v) is 10.3. The molecule has 0 unspecified atom stereocenters. The van der Waals surface area contributed by atoms with Crippen LogP contribution in [-0.4, -0.2) is 34.3 Å². The molecule has 0 atom stereocenters. The molecule has 12 heteroatoms. The first-order valence-electron chi connectivity index (χ1n) is 10.3. The first kappa shape index (κ1) is 24.4. The minimum absolute atomic E-state index is 0.0245. The Kier molecular flexibility index (Phi) is 6.95. The molecule has 0 aliphatic carbocycles. The van der Waals surface area contributed by atoms with Gasteiger partial charge in [-0.3, -0.25) is 4.79 Å². The number of carbonyl (C=O) groups is 1. The topological polar surface area (TPSA) is 98.3 Å². The number of ether oxygens (including phenoxy) is 2. The molecule has 0 bridgehead atoms. The molecule has 8 nitrogen and oxygen atoms in total. The fraction of sp³-hybridized carbons (Fsp3) is 0.0833. The highest BCUT2D eigenvalue weighted by molar-refractivity contribution is 6.04. The third-order valence-corrected chi connectivity index (χ3v) is 4.65. The highest BCUT2D eigenvalue weighted by atomic mass is 19.4. The quantitative estimate of drug-likeness (QED) is 0.317. The molecular formula is C24H17F4N5O3. The van der Waals surface area contributed by atoms with Crippen LogP contribution in [0.1, 0.15) is 10.4 Å². The maximum absolute atomic E-state index is 14.5. The van der Waals surface area contributed by atoms with Crippen molar-refractivity contribution in [2.24, 2.45) is 0 Å². The van der Waals surface area contributed by atoms with Crippen LogP contribution in [0.2, 0.25) is 0 Å². The molecule has 0 radical (unpaired) electrons. The van der Waals surface area contributed by atoms with Crippen LogP contribution in [0.4, 0.5) is 29.2 Å². The van der Waals surface area contributed by atoms with Gasteiger partial charge in [0.2, 0.25) is 11.8 Å². The number of nitrogens with zero attached hydrogens (tertiary/aromatic N) is 3. The number of hydrogen-bond donors (Lipinski definition) is 2. The second kappa shape index (κ2) is 10.3. The summed E-state index contributed by atoms with van der Waals surface area (Å²) in [5.74, 6) is -1.68. The van der Waals surface area contributed by atoms with Crippen LogP contribution >= 0.6 is 0 Å². The van der Waals surface area contributed by atoms with Gasteiger partial charge in [0, 0.05) is 31.2 Å². The van der Waals surface area contributed by atoms with Crippen LogP contribution in [0.25, 0.3) is 11.3 Å². The normalized spacial score (nSPS) is 11.0. The van der Waals surface area contributed by atoms with Gasteiger partial charge in [-0.15, -0.1) is 13.2 Å². The predicted molar refractivity (Wildman–Crippen MR) is 122 cm³/mol. The van der Waals surface area contributed by atoms with E-state index < -0.39 is 29.4 Å². The molecule has 4 aromatic rings. The van der Waals surface area contributed by atoms with Gasteiger partial charge in [0.05, 0.1) is 16.8 Å². The number of nitrogens with one attached hydrogen (secondary N) is 2. The molecule has 0 fully saturated rings. The van der Waals surface area contributed by atoms with E-state index in [1.165, 1.54) is 24.4 Å². The van der Waals surface area contributed by atoms with Crippen LogP contribution in [-0.2, 0) is 0 Å². The van der Waals surface area contributed by atoms with Crippen LogP contribution in [0.5, 0.6) is 17.4 Å². The van der Waals surface area contributed by atoms with Gasteiger partial charge in [0.15, 0.2) is 0 Å². The van der Waals surface area contributed by atoms with Crippen LogP contribution in [0.15, 0.2) is 73.1 Å². The van der Waals surface area contributed by atoms with Gasteiger partial charge in [0.25, 0.3) is 5.91 Å². The Bertz CT molecular complexity index is 1400. The molecule has 0 saturated heterocycles. The fourth-order valence-electron chi connectivity index (χ4n) is 3.12. The zero-order valence-corrected chi connectivity index (χ0v) is 18.5. The van der Waals surface area contributed by atoms with E-state index in [4.69, 9.17) is 4.74 Å². The lowest BCUT2D eigenvalue weighted by atomic mass is 10.1. The molecule has 4 rings (SSSR count). The number of halogens is 4. The fourth-order valence-corrected chi connectivity index (χ4v) is 3.12. The molecule has 36 heavy (non-hydrogen) atoms. The van der Waals surface area contributed by atoms with E-state index in [0.717, 1.165) is 24.3 Å². The highest BCUT2D eigenvalue weighted by Crippen LogP contribution is 2.31. The summed E-state index contributed by atoms with van der Waals surface area (Å²) in [7, 11) is 1.67. The van der Waals surface area contributed by atoms with Gasteiger partial charge >= 0.3 is 6.36 Å². The maximum atomic E-state index is 14.5. The van der Waals surface area contributed by atoms with Gasteiger partial charge < -0.3 is 20.1 Å². The number of rotatable bonds is 7. The second-order valence-corrected chi connectivity index (χ2v) is 7.15. The Morgan fingerprint density at radius 1 is 0.944 bits per heavy atom. The summed E-state index contributed by atoms with van der Waals surface area (Å²) >= 11 is 0. The average molecular weight is 499 g/mol. The lowest BCUT2D eigenvalue weighted by Crippen LogP contribution is -2.17. The summed E-state index contributed by atoms with van der Waals surface area (Å²) in [5, 5.41) is 5.18. The predicted octanol–water partition coefficient (Wildman–Crippen LogP) is 5.66. The molecule has 0 aliphatic rings. The summed E-state index contributed by atoms with van der Waals surface area (Å²) in [6.07, 6.45) is -1.85. The third kappa shape index (κ3) is 6.03. The number of anilines is 2. The Balaban J connectivity index is 1.57. The van der Waals surface area contributed by atoms with Gasteiger partial charge in [-0.25, -0.2) is 19.3 Å². The summed E-state index contributed by atoms with van der Waals surface area (Å²) in [6.45, 7) is 0. The molecule has 2 aromatic carbocycles. The van der Waals surface area contributed by atoms with Crippen molar-refractivity contribution in [1.29, 1.82) is 0 Å². The summed E-state index contributed by atoms with van der Waals surface area (Å²) in [5.41, 5.74) is 0.613. The van der Waals surface area contributed by atoms with Crippen molar-refractivity contribution in [1.82, 2.24) is 15.0 Å². The van der Waals surface area contributed by atoms with Gasteiger partial charge in [-0.05, 0) is 48.5 Å². The van der Waals surface area contributed by atoms with Crippen molar-refractivity contribution >= 4 is 17.5 Å². The van der Waals surface area contributed by atoms with E-state index in [0.29, 0.717) is 17.2 Å². The number of hydrogen-bond acceptors (Lipinski definition) is 7. The molecule has 2 N–H and O–H groups in total. The summed E-state index contributed by atoms with van der Waals surface area (Å²) in [4.78, 5) is 25.3. The van der Waals surface area contributed by atoms with Crippen molar-refractivity contribution in [2.75, 3.05) is 17.7 Å². The Hall–Kier alpha value is -4.74. The Morgan fingerprint density at radius 3 is 2.56 bits per heavy atom. The molecule has 1 amide bonds. The molecule has 2 aromatic heterocycles. The van der Waals surface area contributed by atoms with Crippen LogP contribution in [0, 0.1) is 5.82 Å². The van der Waals surface area contributed by atoms with Crippen LogP contribution < -0.4 is 20.1 Å². The zero-order chi connectivity index (χ0) is 25.7. The molecule has 0 aliphatic heterocycles. The number of pyridine rings is 1. The number of carbonyl (C=O) groups excluding carboxylic acids is 1. The minimum atomic E-state index is -4.90. The average Bonchev–Trinajstić information content (AvgIpc) is 2.84. The highest BCUT2D eigenvalue weighted by Gasteiger charge is 2.31. The lowest BCUT2D eigenvalue weighted by molar-refractivity contribution is -0.274. The largest absolute Gasteiger partial charge is 0.573 e. The zero-order valence-electron chi connectivity index (χ0n) is 18.5. The van der Waals surface area contributed by atoms with Crippen molar-refractivity contribution in [3.8, 4) is 28.6 Å². The standard InChI is InChI=1S/C24H17F4N5O3/c1-29-23-31-11-9-20(33-23)17-6-3-10-30-22(17)35-15-7-8-19(25)18(13-15)21(34)32-14-4-2-5-16(12-14)36-24(26,27)28/h2-13H,1H3,(H,32,34)(H,29,31,33). The Morgan fingerprint density at radius 2 is 1.78 bits per heavy atom. The number of benzene rings is 2. The monoisotopic (exact) mass is 499 g/mol. The molecule has 0 spiro atoms. The maximum Gasteiger partial charge on any atom is 0.573 e. The third-order valence-electron chi connectivity index (χ3n) is 4.65. The molecule has 0 saturated carbocycles. The van der Waals surface area contributed by atoms with Crippen molar-refractivity contribution < 1.29 is 31.8 Å². The van der Waals surface area contributed by atoms with E-state index in [1.807, 2.05) is 0 Å². The van der Waals surface area contributed by atoms with Crippen molar-refractivity contribution in [2.45, 2.75) is 6.36 Å². The first-order chi connectivity index (χ1) is 17.2. The summed E-state index contributed by atoms with van der Waals surface area (Å²) < 4.78 is 61.5. The smallest absolute Gasteiger partial charge is 0.438 e. The van der Waals surface area contributed by atoms with Crippen molar-refractivity contribution in [3.63, 3.8) is 0 Å². The lowest BCUT2D eigenvalue weighted by Gasteiger charge is -2.13. The minimum Gasteiger partial charge on any atom is -0.438 e. The molecule has 2 heterocycles. The van der Waals surface area contributed by atoms with Crippen molar-refractivity contribution in [3.05, 3.63) is 84.4 Å². The van der Waals surface area contributed by atoms with Gasteiger partial charge in [0.1, 0.15) is 17.3 Å². The molecular weight excluding hydrogens is 482 g/mol. The van der Waals surface area contributed by atoms with E-state index >= 15 is 0 Å². The number of alkyl halides is 3. The summed E-state index contributed by atoms with van der Waals surface area (Å²) in [6, 6.07) is 13.2. The number of amides is 1. The van der Waals surface area contributed by atoms with Gasteiger partial charge in [-0.2, -0.15) is 0 Å². The second-order valence-electron chi connectivity index (χ2n) is 7.15. The van der Waals surface area contributed by atoms with E-state index in [1.54, 1.807) is 31.4 Å². The Labute approximate surface area is 202 Å². The van der Waals surface area contributed by atoms with E-state index in [2.05, 4.69) is 30.3 Å². The number of aromatic nitrogens is 3.